The Morgan fingerprint density at radius 1 is 1.11 bits per heavy atom. The summed E-state index contributed by atoms with van der Waals surface area (Å²) in [6.45, 7) is 5.65. The Morgan fingerprint density at radius 2 is 1.83 bits per heavy atom. The Bertz CT molecular complexity index is 1220. The molecule has 1 heterocycles. The van der Waals surface area contributed by atoms with Gasteiger partial charge in [-0.1, -0.05) is 47.1 Å². The minimum Gasteiger partial charge on any atom is -0.352 e. The quantitative estimate of drug-likeness (QED) is 0.474. The summed E-state index contributed by atoms with van der Waals surface area (Å²) in [7, 11) is -3.92. The Balaban J connectivity index is 1.71. The summed E-state index contributed by atoms with van der Waals surface area (Å²) in [5.41, 5.74) is 0.995. The maximum Gasteiger partial charge on any atom is 0.269 e. The van der Waals surface area contributed by atoms with Crippen LogP contribution < -0.4 is 5.32 Å². The fraction of sp³-hybridized carbons (Fsp3) is 0.400. The molecule has 3 amide bonds. The molecular weight excluding hydrogens is 534 g/mol. The third kappa shape index (κ3) is 6.10. The lowest BCUT2D eigenvalue weighted by Crippen LogP contribution is -2.49. The predicted octanol–water partition coefficient (Wildman–Crippen LogP) is 3.71. The molecule has 1 aliphatic rings. The summed E-state index contributed by atoms with van der Waals surface area (Å²) in [5.74, 6) is -1.13. The fourth-order valence-corrected chi connectivity index (χ4v) is 5.90. The zero-order valence-corrected chi connectivity index (χ0v) is 22.4. The van der Waals surface area contributed by atoms with Gasteiger partial charge in [0.2, 0.25) is 11.8 Å². The number of nitrogens with one attached hydrogen (secondary N) is 1. The lowest BCUT2D eigenvalue weighted by molar-refractivity contribution is -0.141. The number of benzene rings is 2. The standard InChI is InChI=1S/C25H30BrN3O5S/c1-4-17(2)27-24(31)18(3)28(16-19-9-7-10-20(26)15-19)23(30)13-8-14-29-25(32)21-11-5-6-12-22(21)35(29,33)34/h5-7,9-12,15,17-18H,4,8,13-14,16H2,1-3H3,(H,27,31)/t17-,18+/m1/s1. The van der Waals surface area contributed by atoms with Crippen LogP contribution in [0.3, 0.4) is 0 Å². The summed E-state index contributed by atoms with van der Waals surface area (Å²) in [4.78, 5) is 40.2. The van der Waals surface area contributed by atoms with Gasteiger partial charge < -0.3 is 10.2 Å². The average Bonchev–Trinajstić information content (AvgIpc) is 3.02. The molecule has 0 fully saturated rings. The molecule has 188 valence electrons. The van der Waals surface area contributed by atoms with Crippen molar-refractivity contribution in [3.63, 3.8) is 0 Å². The first-order chi connectivity index (χ1) is 16.6. The molecule has 0 saturated carbocycles. The zero-order valence-electron chi connectivity index (χ0n) is 20.0. The normalized spacial score (nSPS) is 15.9. The SMILES string of the molecule is CC[C@@H](C)NC(=O)[C@H](C)N(Cc1cccc(Br)c1)C(=O)CCCN1C(=O)c2ccccc2S1(=O)=O. The average molecular weight is 565 g/mol. The van der Waals surface area contributed by atoms with Gasteiger partial charge in [0.15, 0.2) is 0 Å². The number of carbonyl (C=O) groups excluding carboxylic acids is 3. The summed E-state index contributed by atoms with van der Waals surface area (Å²) < 4.78 is 27.2. The third-order valence-electron chi connectivity index (χ3n) is 6.07. The molecule has 3 rings (SSSR count). The van der Waals surface area contributed by atoms with Gasteiger partial charge in [-0.15, -0.1) is 0 Å². The fourth-order valence-electron chi connectivity index (χ4n) is 3.85. The van der Waals surface area contributed by atoms with Crippen molar-refractivity contribution in [1.82, 2.24) is 14.5 Å². The van der Waals surface area contributed by atoms with Crippen LogP contribution in [0.2, 0.25) is 0 Å². The van der Waals surface area contributed by atoms with Crippen molar-refractivity contribution in [2.75, 3.05) is 6.54 Å². The summed E-state index contributed by atoms with van der Waals surface area (Å²) in [6, 6.07) is 12.8. The van der Waals surface area contributed by atoms with E-state index in [1.165, 1.54) is 17.0 Å². The molecule has 0 radical (unpaired) electrons. The van der Waals surface area contributed by atoms with Crippen molar-refractivity contribution in [3.05, 3.63) is 64.1 Å². The van der Waals surface area contributed by atoms with Gasteiger partial charge in [0.05, 0.1) is 5.56 Å². The highest BCUT2D eigenvalue weighted by atomic mass is 79.9. The molecule has 0 aliphatic carbocycles. The van der Waals surface area contributed by atoms with Gasteiger partial charge in [-0.25, -0.2) is 12.7 Å². The summed E-state index contributed by atoms with van der Waals surface area (Å²) in [5, 5.41) is 2.92. The third-order valence-corrected chi connectivity index (χ3v) is 8.41. The maximum atomic E-state index is 13.2. The molecule has 2 aromatic rings. The monoisotopic (exact) mass is 563 g/mol. The van der Waals surface area contributed by atoms with Crippen molar-refractivity contribution in [1.29, 1.82) is 0 Å². The molecule has 0 unspecified atom stereocenters. The number of rotatable bonds is 10. The largest absolute Gasteiger partial charge is 0.352 e. The highest BCUT2D eigenvalue weighted by molar-refractivity contribution is 9.10. The molecule has 2 atom stereocenters. The van der Waals surface area contributed by atoms with Gasteiger partial charge >= 0.3 is 0 Å². The van der Waals surface area contributed by atoms with E-state index in [1.54, 1.807) is 19.1 Å². The second-order valence-electron chi connectivity index (χ2n) is 8.63. The van der Waals surface area contributed by atoms with E-state index in [4.69, 9.17) is 0 Å². The van der Waals surface area contributed by atoms with Crippen LogP contribution >= 0.6 is 15.9 Å². The lowest BCUT2D eigenvalue weighted by atomic mass is 10.1. The van der Waals surface area contributed by atoms with Crippen molar-refractivity contribution < 1.29 is 22.8 Å². The number of hydrogen-bond donors (Lipinski definition) is 1. The van der Waals surface area contributed by atoms with Crippen LogP contribution in [0.1, 0.15) is 56.0 Å². The van der Waals surface area contributed by atoms with Crippen LogP contribution in [0.4, 0.5) is 0 Å². The number of hydrogen-bond acceptors (Lipinski definition) is 5. The number of halogens is 1. The van der Waals surface area contributed by atoms with E-state index in [0.29, 0.717) is 0 Å². The Hall–Kier alpha value is -2.72. The molecule has 0 spiro atoms. The minimum atomic E-state index is -3.92. The maximum absolute atomic E-state index is 13.2. The van der Waals surface area contributed by atoms with E-state index in [2.05, 4.69) is 21.2 Å². The van der Waals surface area contributed by atoms with Crippen LogP contribution in [-0.2, 0) is 26.2 Å². The first-order valence-corrected chi connectivity index (χ1v) is 13.8. The number of fused-ring (bicyclic) bond motifs is 1. The molecule has 8 nitrogen and oxygen atoms in total. The van der Waals surface area contributed by atoms with Crippen LogP contribution in [0.5, 0.6) is 0 Å². The number of carbonyl (C=O) groups is 3. The van der Waals surface area contributed by atoms with E-state index in [0.717, 1.165) is 20.8 Å². The Kier molecular flexibility index (Phi) is 8.71. The molecule has 1 aliphatic heterocycles. The smallest absolute Gasteiger partial charge is 0.269 e. The Morgan fingerprint density at radius 3 is 2.49 bits per heavy atom. The predicted molar refractivity (Wildman–Crippen MR) is 136 cm³/mol. The minimum absolute atomic E-state index is 0.00933. The van der Waals surface area contributed by atoms with Crippen LogP contribution in [-0.4, -0.2) is 54.0 Å². The van der Waals surface area contributed by atoms with E-state index < -0.39 is 22.0 Å². The summed E-state index contributed by atoms with van der Waals surface area (Å²) in [6.07, 6.45) is 0.899. The molecule has 0 bridgehead atoms. The molecule has 2 aromatic carbocycles. The Labute approximate surface area is 214 Å². The van der Waals surface area contributed by atoms with Gasteiger partial charge in [-0.05, 0) is 56.5 Å². The van der Waals surface area contributed by atoms with Crippen molar-refractivity contribution in [2.45, 2.75) is 63.6 Å². The number of nitrogens with zero attached hydrogens (tertiary/aromatic N) is 2. The van der Waals surface area contributed by atoms with Gasteiger partial charge in [0.1, 0.15) is 10.9 Å². The van der Waals surface area contributed by atoms with E-state index >= 15 is 0 Å². The first kappa shape index (κ1) is 26.9. The highest BCUT2D eigenvalue weighted by Crippen LogP contribution is 2.30. The molecule has 10 heteroatoms. The molecule has 1 N–H and O–H groups in total. The van der Waals surface area contributed by atoms with Crippen molar-refractivity contribution >= 4 is 43.7 Å². The van der Waals surface area contributed by atoms with Gasteiger partial charge in [0.25, 0.3) is 15.9 Å². The molecule has 0 saturated heterocycles. The van der Waals surface area contributed by atoms with E-state index in [-0.39, 0.29) is 54.2 Å². The van der Waals surface area contributed by atoms with E-state index in [9.17, 15) is 22.8 Å². The topological polar surface area (TPSA) is 104 Å². The van der Waals surface area contributed by atoms with Gasteiger partial charge in [0, 0.05) is 30.0 Å². The lowest BCUT2D eigenvalue weighted by Gasteiger charge is -2.30. The second kappa shape index (κ2) is 11.3. The summed E-state index contributed by atoms with van der Waals surface area (Å²) >= 11 is 3.43. The zero-order chi connectivity index (χ0) is 25.8. The highest BCUT2D eigenvalue weighted by Gasteiger charge is 2.40. The van der Waals surface area contributed by atoms with Crippen LogP contribution in [0.15, 0.2) is 57.9 Å². The number of sulfonamides is 1. The number of amides is 3. The van der Waals surface area contributed by atoms with Gasteiger partial charge in [-0.2, -0.15) is 0 Å². The molecule has 0 aromatic heterocycles. The molecular formula is C25H30BrN3O5S. The van der Waals surface area contributed by atoms with Crippen LogP contribution in [0.25, 0.3) is 0 Å². The van der Waals surface area contributed by atoms with Crippen molar-refractivity contribution in [3.8, 4) is 0 Å². The van der Waals surface area contributed by atoms with Gasteiger partial charge in [-0.3, -0.25) is 14.4 Å². The second-order valence-corrected chi connectivity index (χ2v) is 11.4. The van der Waals surface area contributed by atoms with Crippen LogP contribution in [0, 0.1) is 0 Å². The van der Waals surface area contributed by atoms with E-state index in [1.807, 2.05) is 38.1 Å². The first-order valence-electron chi connectivity index (χ1n) is 11.6. The molecule has 35 heavy (non-hydrogen) atoms. The van der Waals surface area contributed by atoms with Crippen molar-refractivity contribution in [2.24, 2.45) is 0 Å².